The van der Waals surface area contributed by atoms with E-state index in [-0.39, 0.29) is 11.0 Å². The number of aromatic nitrogens is 1. The Morgan fingerprint density at radius 3 is 2.65 bits per heavy atom. The molecule has 3 aromatic rings. The fourth-order valence-corrected chi connectivity index (χ4v) is 5.43. The van der Waals surface area contributed by atoms with E-state index in [0.29, 0.717) is 26.8 Å². The summed E-state index contributed by atoms with van der Waals surface area (Å²) in [4.78, 5) is 14.9. The van der Waals surface area contributed by atoms with Gasteiger partial charge in [-0.3, -0.25) is 9.36 Å². The third-order valence-corrected chi connectivity index (χ3v) is 6.80. The van der Waals surface area contributed by atoms with Gasteiger partial charge in [0, 0.05) is 28.3 Å². The molecule has 0 aliphatic heterocycles. The number of carbonyl (C=O) groups is 1. The van der Waals surface area contributed by atoms with Crippen molar-refractivity contribution in [3.8, 4) is 6.07 Å². The minimum Gasteiger partial charge on any atom is -0.364 e. The minimum absolute atomic E-state index is 0.00698. The molecule has 0 saturated heterocycles. The lowest BCUT2D eigenvalue weighted by Gasteiger charge is -2.18. The molecule has 3 N–H and O–H groups in total. The number of halogens is 1. The first-order chi connectivity index (χ1) is 12.3. The number of primary amides is 1. The van der Waals surface area contributed by atoms with E-state index >= 15 is 0 Å². The summed E-state index contributed by atoms with van der Waals surface area (Å²) in [6.45, 7) is 1.78. The largest absolute Gasteiger partial charge is 0.364 e. The van der Waals surface area contributed by atoms with Gasteiger partial charge in [0.2, 0.25) is 0 Å². The van der Waals surface area contributed by atoms with Gasteiger partial charge in [0.25, 0.3) is 13.3 Å². The van der Waals surface area contributed by atoms with Crippen LogP contribution in [0.15, 0.2) is 36.4 Å². The van der Waals surface area contributed by atoms with Crippen LogP contribution in [0.25, 0.3) is 10.9 Å². The van der Waals surface area contributed by atoms with Crippen LogP contribution in [-0.4, -0.2) is 18.0 Å². The maximum absolute atomic E-state index is 13.9. The number of H-pyrrole nitrogens is 1. The predicted molar refractivity (Wildman–Crippen MR) is 102 cm³/mol. The van der Waals surface area contributed by atoms with E-state index in [2.05, 4.69) is 4.98 Å². The SMILES string of the molecule is COP(=O)(c1cc(C)cc(C#N)c1)c1c(C(N)=O)[nH]c2ccc(Cl)cc12. The quantitative estimate of drug-likeness (QED) is 0.670. The molecular weight excluding hydrogens is 373 g/mol. The molecule has 6 nitrogen and oxygen atoms in total. The van der Waals surface area contributed by atoms with Crippen molar-refractivity contribution in [1.82, 2.24) is 4.98 Å². The Morgan fingerprint density at radius 1 is 1.31 bits per heavy atom. The number of benzene rings is 2. The Hall–Kier alpha value is -2.58. The highest BCUT2D eigenvalue weighted by Crippen LogP contribution is 2.47. The molecule has 8 heteroatoms. The molecule has 0 aliphatic carbocycles. The van der Waals surface area contributed by atoms with E-state index in [0.717, 1.165) is 5.56 Å². The molecule has 0 fully saturated rings. The van der Waals surface area contributed by atoms with Crippen LogP contribution >= 0.6 is 19.0 Å². The molecule has 3 rings (SSSR count). The van der Waals surface area contributed by atoms with E-state index < -0.39 is 13.3 Å². The molecule has 0 spiro atoms. The molecular formula is C18H15ClN3O3P. The average Bonchev–Trinajstić information content (AvgIpc) is 2.99. The van der Waals surface area contributed by atoms with Gasteiger partial charge in [-0.25, -0.2) is 0 Å². The Morgan fingerprint density at radius 2 is 2.04 bits per heavy atom. The standard InChI is InChI=1S/C18H15ClN3O3P/c1-10-5-11(9-20)7-13(6-10)26(24,25-2)17-14-8-12(19)3-4-15(14)22-16(17)18(21)23/h3-8,22H,1-2H3,(H2,21,23). The maximum Gasteiger partial charge on any atom is 0.266 e. The van der Waals surface area contributed by atoms with E-state index in [1.165, 1.54) is 13.2 Å². The third kappa shape index (κ3) is 2.91. The summed E-state index contributed by atoms with van der Waals surface area (Å²) < 4.78 is 19.4. The molecule has 0 aliphatic rings. The highest BCUT2D eigenvalue weighted by Gasteiger charge is 2.35. The zero-order valence-electron chi connectivity index (χ0n) is 14.0. The fraction of sp³-hybridized carbons (Fsp3) is 0.111. The summed E-state index contributed by atoms with van der Waals surface area (Å²) in [5, 5.41) is 10.6. The van der Waals surface area contributed by atoms with Crippen LogP contribution in [0.5, 0.6) is 0 Å². The van der Waals surface area contributed by atoms with Gasteiger partial charge in [-0.1, -0.05) is 11.6 Å². The van der Waals surface area contributed by atoms with Crippen molar-refractivity contribution in [1.29, 1.82) is 5.26 Å². The second kappa shape index (κ2) is 6.62. The lowest BCUT2D eigenvalue weighted by atomic mass is 10.2. The van der Waals surface area contributed by atoms with Crippen LogP contribution in [0.2, 0.25) is 5.02 Å². The van der Waals surface area contributed by atoms with Crippen LogP contribution in [0, 0.1) is 18.3 Å². The maximum atomic E-state index is 13.9. The van der Waals surface area contributed by atoms with Crippen LogP contribution in [0.1, 0.15) is 21.6 Å². The molecule has 0 radical (unpaired) electrons. The number of carbonyl (C=O) groups excluding carboxylic acids is 1. The smallest absolute Gasteiger partial charge is 0.266 e. The highest BCUT2D eigenvalue weighted by molar-refractivity contribution is 7.75. The first-order valence-electron chi connectivity index (χ1n) is 7.60. The number of aryl methyl sites for hydroxylation is 1. The van der Waals surface area contributed by atoms with Gasteiger partial charge in [-0.05, 0) is 48.9 Å². The van der Waals surface area contributed by atoms with E-state index in [1.54, 1.807) is 37.3 Å². The molecule has 1 heterocycles. The molecule has 0 bridgehead atoms. The van der Waals surface area contributed by atoms with Gasteiger partial charge < -0.3 is 15.2 Å². The van der Waals surface area contributed by atoms with Gasteiger partial charge >= 0.3 is 0 Å². The van der Waals surface area contributed by atoms with Gasteiger partial charge in [-0.2, -0.15) is 5.26 Å². The van der Waals surface area contributed by atoms with Crippen LogP contribution < -0.4 is 16.3 Å². The number of hydrogen-bond donors (Lipinski definition) is 2. The van der Waals surface area contributed by atoms with Crippen molar-refractivity contribution in [3.63, 3.8) is 0 Å². The van der Waals surface area contributed by atoms with E-state index in [1.807, 2.05) is 6.07 Å². The summed E-state index contributed by atoms with van der Waals surface area (Å²) in [6, 6.07) is 11.8. The van der Waals surface area contributed by atoms with E-state index in [4.69, 9.17) is 21.9 Å². The summed E-state index contributed by atoms with van der Waals surface area (Å²) in [7, 11) is -2.43. The Kier molecular flexibility index (Phi) is 4.64. The predicted octanol–water partition coefficient (Wildman–Crippen LogP) is 2.98. The second-order valence-corrected chi connectivity index (χ2v) is 8.67. The van der Waals surface area contributed by atoms with Crippen LogP contribution in [-0.2, 0) is 9.09 Å². The van der Waals surface area contributed by atoms with Crippen molar-refractivity contribution < 1.29 is 13.9 Å². The monoisotopic (exact) mass is 387 g/mol. The van der Waals surface area contributed by atoms with Crippen LogP contribution in [0.3, 0.4) is 0 Å². The Balaban J connectivity index is 2.42. The molecule has 26 heavy (non-hydrogen) atoms. The van der Waals surface area contributed by atoms with Crippen molar-refractivity contribution in [2.75, 3.05) is 7.11 Å². The highest BCUT2D eigenvalue weighted by atomic mass is 35.5. The molecule has 0 saturated carbocycles. The number of hydrogen-bond acceptors (Lipinski definition) is 4. The third-order valence-electron chi connectivity index (χ3n) is 4.06. The second-order valence-electron chi connectivity index (χ2n) is 5.81. The summed E-state index contributed by atoms with van der Waals surface area (Å²) in [5.74, 6) is -0.766. The zero-order valence-corrected chi connectivity index (χ0v) is 15.7. The number of nitrogens with two attached hydrogens (primary N) is 1. The van der Waals surface area contributed by atoms with Gasteiger partial charge in [0.05, 0.1) is 16.9 Å². The number of fused-ring (bicyclic) bond motifs is 1. The molecule has 2 aromatic carbocycles. The molecule has 1 amide bonds. The first kappa shape index (κ1) is 18.2. The van der Waals surface area contributed by atoms with Gasteiger partial charge in [-0.15, -0.1) is 0 Å². The van der Waals surface area contributed by atoms with Gasteiger partial charge in [0.15, 0.2) is 0 Å². The van der Waals surface area contributed by atoms with Crippen molar-refractivity contribution in [2.24, 2.45) is 5.73 Å². The molecule has 132 valence electrons. The first-order valence-corrected chi connectivity index (χ1v) is 9.60. The number of nitriles is 1. The zero-order chi connectivity index (χ0) is 19.1. The van der Waals surface area contributed by atoms with Crippen molar-refractivity contribution >= 4 is 46.4 Å². The summed E-state index contributed by atoms with van der Waals surface area (Å²) in [5.41, 5.74) is 7.14. The van der Waals surface area contributed by atoms with Crippen molar-refractivity contribution in [2.45, 2.75) is 6.92 Å². The number of aromatic amines is 1. The number of nitrogens with zero attached hydrogens (tertiary/aromatic N) is 1. The minimum atomic E-state index is -3.72. The van der Waals surface area contributed by atoms with Crippen molar-refractivity contribution in [3.05, 3.63) is 58.2 Å². The normalized spacial score (nSPS) is 13.3. The molecule has 1 aromatic heterocycles. The Labute approximate surface area is 155 Å². The number of nitrogens with one attached hydrogen (secondary N) is 1. The lowest BCUT2D eigenvalue weighted by molar-refractivity contribution is 0.0997. The topological polar surface area (TPSA) is 109 Å². The number of rotatable bonds is 4. The summed E-state index contributed by atoms with van der Waals surface area (Å²) in [6.07, 6.45) is 0. The molecule has 1 unspecified atom stereocenters. The summed E-state index contributed by atoms with van der Waals surface area (Å²) >= 11 is 6.09. The van der Waals surface area contributed by atoms with E-state index in [9.17, 15) is 14.6 Å². The fourth-order valence-electron chi connectivity index (χ4n) is 2.96. The molecule has 1 atom stereocenters. The Bertz CT molecular complexity index is 1130. The number of amides is 1. The lowest BCUT2D eigenvalue weighted by Crippen LogP contribution is -2.26. The van der Waals surface area contributed by atoms with Gasteiger partial charge in [0.1, 0.15) is 5.69 Å². The average molecular weight is 388 g/mol. The van der Waals surface area contributed by atoms with Crippen LogP contribution in [0.4, 0.5) is 0 Å².